The molecule has 0 rings (SSSR count). The fourth-order valence-electron chi connectivity index (χ4n) is 1.19. The van der Waals surface area contributed by atoms with E-state index in [1.165, 1.54) is 17.6 Å². The summed E-state index contributed by atoms with van der Waals surface area (Å²) >= 11 is 0. The van der Waals surface area contributed by atoms with Gasteiger partial charge in [0.2, 0.25) is 0 Å². The summed E-state index contributed by atoms with van der Waals surface area (Å²) in [7, 11) is 0. The zero-order valence-electron chi connectivity index (χ0n) is 8.85. The zero-order valence-corrected chi connectivity index (χ0v) is 8.85. The molecule has 0 unspecified atom stereocenters. The van der Waals surface area contributed by atoms with Crippen LogP contribution in [-0.2, 0) is 0 Å². The molecular weight excluding hydrogens is 144 g/mol. The Hall–Kier alpha value is -0.520. The summed E-state index contributed by atoms with van der Waals surface area (Å²) in [6.07, 6.45) is 10.2. The van der Waals surface area contributed by atoms with Gasteiger partial charge in [-0.1, -0.05) is 37.1 Å². The van der Waals surface area contributed by atoms with Crippen LogP contribution in [0.4, 0.5) is 0 Å². The topological polar surface area (TPSA) is 0 Å². The molecule has 0 N–H and O–H groups in total. The first-order valence-corrected chi connectivity index (χ1v) is 4.90. The van der Waals surface area contributed by atoms with E-state index in [0.29, 0.717) is 0 Å². The molecule has 1 radical (unpaired) electrons. The van der Waals surface area contributed by atoms with Crippen molar-refractivity contribution in [3.8, 4) is 0 Å². The summed E-state index contributed by atoms with van der Waals surface area (Å²) < 4.78 is 0. The molecule has 0 saturated carbocycles. The van der Waals surface area contributed by atoms with E-state index in [2.05, 4.69) is 46.3 Å². The van der Waals surface area contributed by atoms with Crippen LogP contribution in [0.25, 0.3) is 0 Å². The van der Waals surface area contributed by atoms with E-state index in [-0.39, 0.29) is 0 Å². The van der Waals surface area contributed by atoms with Crippen LogP contribution >= 0.6 is 0 Å². The number of allylic oxidation sites excluding steroid dienone is 4. The molecule has 0 aromatic rings. The van der Waals surface area contributed by atoms with E-state index in [0.717, 1.165) is 12.8 Å². The molecule has 12 heavy (non-hydrogen) atoms. The third-order valence-electron chi connectivity index (χ3n) is 2.27. The molecule has 0 nitrogen and oxygen atoms in total. The summed E-state index contributed by atoms with van der Waals surface area (Å²) in [4.78, 5) is 0. The van der Waals surface area contributed by atoms with Gasteiger partial charge in [-0.05, 0) is 39.5 Å². The molecule has 69 valence electrons. The molecule has 0 saturated heterocycles. The van der Waals surface area contributed by atoms with E-state index in [1.807, 2.05) is 0 Å². The highest BCUT2D eigenvalue weighted by molar-refractivity contribution is 5.17. The highest BCUT2D eigenvalue weighted by atomic mass is 14.0. The predicted octanol–water partition coefficient (Wildman–Crippen LogP) is 4.29. The van der Waals surface area contributed by atoms with E-state index in [1.54, 1.807) is 0 Å². The Balaban J connectivity index is 3.81. The Morgan fingerprint density at radius 1 is 1.00 bits per heavy atom. The van der Waals surface area contributed by atoms with Gasteiger partial charge in [-0.3, -0.25) is 0 Å². The van der Waals surface area contributed by atoms with Gasteiger partial charge in [0.25, 0.3) is 0 Å². The van der Waals surface area contributed by atoms with Gasteiger partial charge in [0.15, 0.2) is 0 Å². The first kappa shape index (κ1) is 11.5. The van der Waals surface area contributed by atoms with E-state index >= 15 is 0 Å². The van der Waals surface area contributed by atoms with Crippen LogP contribution in [0.5, 0.6) is 0 Å². The normalized spacial score (nSPS) is 13.7. The third-order valence-corrected chi connectivity index (χ3v) is 2.27. The van der Waals surface area contributed by atoms with E-state index in [4.69, 9.17) is 0 Å². The second-order valence-electron chi connectivity index (χ2n) is 2.93. The molecule has 0 spiro atoms. The maximum absolute atomic E-state index is 2.33. The van der Waals surface area contributed by atoms with Crippen molar-refractivity contribution in [2.75, 3.05) is 0 Å². The predicted molar refractivity (Wildman–Crippen MR) is 57.0 cm³/mol. The average Bonchev–Trinajstić information content (AvgIpc) is 2.13. The van der Waals surface area contributed by atoms with Crippen molar-refractivity contribution in [3.05, 3.63) is 29.7 Å². The smallest absolute Gasteiger partial charge is 0.00975 e. The Labute approximate surface area is 77.4 Å². The van der Waals surface area contributed by atoms with Crippen molar-refractivity contribution in [1.29, 1.82) is 0 Å². The van der Waals surface area contributed by atoms with Gasteiger partial charge in [0, 0.05) is 0 Å². The van der Waals surface area contributed by atoms with Crippen LogP contribution in [0, 0.1) is 6.42 Å². The second kappa shape index (κ2) is 7.15. The first-order chi connectivity index (χ1) is 5.78. The molecule has 0 atom stereocenters. The van der Waals surface area contributed by atoms with E-state index < -0.39 is 0 Å². The molecule has 0 aliphatic heterocycles. The quantitative estimate of drug-likeness (QED) is 0.533. The maximum atomic E-state index is 2.33. The molecular formula is C12H21. The van der Waals surface area contributed by atoms with Crippen LogP contribution in [0.1, 0.15) is 47.0 Å². The molecule has 0 heteroatoms. The molecule has 0 amide bonds. The summed E-state index contributed by atoms with van der Waals surface area (Å²) in [5.74, 6) is 0. The number of hydrogen-bond acceptors (Lipinski definition) is 0. The first-order valence-electron chi connectivity index (χ1n) is 4.90. The fraction of sp³-hybridized carbons (Fsp3) is 0.583. The highest BCUT2D eigenvalue weighted by Crippen LogP contribution is 2.14. The highest BCUT2D eigenvalue weighted by Gasteiger charge is 1.96. The standard InChI is InChI=1S/C12H21/c1-5-11(6-2)9-10-12(7-3)8-4/h5,7,9H,6,8,10H2,1-4H3/b11-5-,12-7-. The van der Waals surface area contributed by atoms with Gasteiger partial charge in [-0.25, -0.2) is 0 Å². The minimum absolute atomic E-state index is 1.13. The van der Waals surface area contributed by atoms with Crippen molar-refractivity contribution in [1.82, 2.24) is 0 Å². The van der Waals surface area contributed by atoms with Gasteiger partial charge >= 0.3 is 0 Å². The van der Waals surface area contributed by atoms with Crippen LogP contribution < -0.4 is 0 Å². The van der Waals surface area contributed by atoms with Crippen molar-refractivity contribution in [2.24, 2.45) is 0 Å². The van der Waals surface area contributed by atoms with Gasteiger partial charge in [-0.15, -0.1) is 0 Å². The van der Waals surface area contributed by atoms with Crippen molar-refractivity contribution in [2.45, 2.75) is 47.0 Å². The number of hydrogen-bond donors (Lipinski definition) is 0. The Morgan fingerprint density at radius 3 is 2.00 bits per heavy atom. The largest absolute Gasteiger partial charge is 0.0884 e. The van der Waals surface area contributed by atoms with E-state index in [9.17, 15) is 0 Å². The minimum Gasteiger partial charge on any atom is -0.0884 e. The minimum atomic E-state index is 1.13. The molecule has 0 fully saturated rings. The fourth-order valence-corrected chi connectivity index (χ4v) is 1.19. The molecule has 0 aliphatic rings. The van der Waals surface area contributed by atoms with Gasteiger partial charge < -0.3 is 0 Å². The third kappa shape index (κ3) is 4.38. The Bertz CT molecular complexity index is 141. The van der Waals surface area contributed by atoms with Crippen molar-refractivity contribution < 1.29 is 0 Å². The lowest BCUT2D eigenvalue weighted by Crippen LogP contribution is -1.86. The van der Waals surface area contributed by atoms with Gasteiger partial charge in [-0.2, -0.15) is 0 Å². The lowest BCUT2D eigenvalue weighted by Gasteiger charge is -2.05. The van der Waals surface area contributed by atoms with Crippen LogP contribution in [-0.4, -0.2) is 0 Å². The molecule has 0 bridgehead atoms. The zero-order chi connectivity index (χ0) is 9.40. The van der Waals surface area contributed by atoms with Gasteiger partial charge in [0.05, 0.1) is 0 Å². The van der Waals surface area contributed by atoms with Crippen LogP contribution in [0.2, 0.25) is 0 Å². The SMILES string of the molecule is C/C=C(/CC)C[CH]/C(=C\C)CC. The Morgan fingerprint density at radius 2 is 1.67 bits per heavy atom. The number of rotatable bonds is 5. The second-order valence-corrected chi connectivity index (χ2v) is 2.93. The summed E-state index contributed by atoms with van der Waals surface area (Å²) in [5.41, 5.74) is 2.99. The average molecular weight is 165 g/mol. The lowest BCUT2D eigenvalue weighted by atomic mass is 10.0. The summed E-state index contributed by atoms with van der Waals surface area (Å²) in [5, 5.41) is 0. The molecule has 0 aromatic carbocycles. The summed E-state index contributed by atoms with van der Waals surface area (Å²) in [6, 6.07) is 0. The van der Waals surface area contributed by atoms with Gasteiger partial charge in [0.1, 0.15) is 0 Å². The van der Waals surface area contributed by atoms with Crippen molar-refractivity contribution in [3.63, 3.8) is 0 Å². The van der Waals surface area contributed by atoms with Crippen LogP contribution in [0.15, 0.2) is 23.3 Å². The maximum Gasteiger partial charge on any atom is -0.00975 e. The lowest BCUT2D eigenvalue weighted by molar-refractivity contribution is 0.959. The summed E-state index contributed by atoms with van der Waals surface area (Å²) in [6.45, 7) is 8.64. The Kier molecular flexibility index (Phi) is 6.84. The molecule has 0 aromatic heterocycles. The van der Waals surface area contributed by atoms with Crippen molar-refractivity contribution >= 4 is 0 Å². The monoisotopic (exact) mass is 165 g/mol. The van der Waals surface area contributed by atoms with Crippen LogP contribution in [0.3, 0.4) is 0 Å². The molecule has 0 heterocycles. The molecule has 0 aliphatic carbocycles.